The number of nitrogens with one attached hydrogen (secondary N) is 3. The molecule has 310 valence electrons. The van der Waals surface area contributed by atoms with Crippen LogP contribution in [0.2, 0.25) is 0 Å². The van der Waals surface area contributed by atoms with Gasteiger partial charge in [-0.25, -0.2) is 0 Å². The van der Waals surface area contributed by atoms with E-state index in [0.29, 0.717) is 25.3 Å². The molecule has 53 heavy (non-hydrogen) atoms. The van der Waals surface area contributed by atoms with Crippen molar-refractivity contribution in [3.63, 3.8) is 0 Å². The van der Waals surface area contributed by atoms with Crippen LogP contribution in [0.4, 0.5) is 0 Å². The Kier molecular flexibility index (Phi) is 34.4. The fourth-order valence-corrected chi connectivity index (χ4v) is 6.09. The largest absolute Gasteiger partial charge is 0.400 e. The second kappa shape index (κ2) is 33.5. The molecule has 0 aliphatic carbocycles. The number of methoxy groups -OCH3 is 1. The second-order valence-electron chi connectivity index (χ2n) is 13.8. The minimum absolute atomic E-state index is 0.0139. The van der Waals surface area contributed by atoms with Gasteiger partial charge in [0.25, 0.3) is 0 Å². The number of hydrogen-bond acceptors (Lipinski definition) is 7. The van der Waals surface area contributed by atoms with Gasteiger partial charge in [0.05, 0.1) is 18.6 Å². The topological polar surface area (TPSA) is 140 Å². The predicted octanol–water partition coefficient (Wildman–Crippen LogP) is 6.08. The van der Waals surface area contributed by atoms with Crippen LogP contribution in [0, 0.1) is 17.8 Å². The number of rotatable bonds is 18. The van der Waals surface area contributed by atoms with Crippen LogP contribution in [-0.4, -0.2) is 111 Å². The maximum absolute atomic E-state index is 12.8. The lowest BCUT2D eigenvalue weighted by atomic mass is 9.98. The van der Waals surface area contributed by atoms with E-state index in [1.807, 2.05) is 97.5 Å². The summed E-state index contributed by atoms with van der Waals surface area (Å²) in [6.45, 7) is 21.6. The van der Waals surface area contributed by atoms with E-state index in [0.717, 1.165) is 52.2 Å². The summed E-state index contributed by atoms with van der Waals surface area (Å²) in [5.41, 5.74) is 1.23. The molecule has 1 aromatic carbocycles. The van der Waals surface area contributed by atoms with Crippen molar-refractivity contribution < 1.29 is 29.0 Å². The molecule has 1 fully saturated rings. The number of likely N-dealkylation sites (tertiary alicyclic amines) is 1. The monoisotopic (exact) mass is 752 g/mol. The van der Waals surface area contributed by atoms with E-state index in [-0.39, 0.29) is 53.7 Å². The predicted molar refractivity (Wildman–Crippen MR) is 221 cm³/mol. The van der Waals surface area contributed by atoms with Crippen molar-refractivity contribution >= 4 is 23.6 Å². The molecule has 0 radical (unpaired) electrons. The molecular weight excluding hydrogens is 670 g/mol. The maximum atomic E-state index is 12.8. The standard InChI is InChI=1S/C24H38N2O3.C13H27N3O2.2C2H6.CH4O/c1-4-19(2)17-22(29-3)18-24(28)26-16-8-11-21(26)12-13-23(27)25-15-14-20-9-6-5-7-10-20;1-8(2)10(12(17)14-5)15-13(18)11(9(3)4)16(6)7;3*1-2/h5-7,9-10,19,21-22H,4,8,11-18H2,1-3H3,(H,25,27);8-11H,1-7H3,(H,14,17)(H,15,18);2*1-2H3;2H,1H3. The number of nitrogens with zero attached hydrogens (tertiary/aromatic N) is 2. The van der Waals surface area contributed by atoms with Crippen molar-refractivity contribution in [1.82, 2.24) is 25.8 Å². The Balaban J connectivity index is -0.000000897. The number of ether oxygens (including phenoxy) is 1. The molecule has 4 amide bonds. The average molecular weight is 752 g/mol. The molecule has 4 N–H and O–H groups in total. The lowest BCUT2D eigenvalue weighted by Crippen LogP contribution is -2.55. The summed E-state index contributed by atoms with van der Waals surface area (Å²) in [5, 5.41) is 15.4. The van der Waals surface area contributed by atoms with Crippen LogP contribution < -0.4 is 16.0 Å². The molecule has 2 rings (SSSR count). The van der Waals surface area contributed by atoms with Crippen LogP contribution in [-0.2, 0) is 30.3 Å². The molecule has 1 aromatic rings. The third-order valence-corrected chi connectivity index (χ3v) is 9.03. The number of amides is 4. The number of aliphatic hydroxyl groups excluding tert-OH is 1. The Bertz CT molecular complexity index is 1060. The first-order valence-electron chi connectivity index (χ1n) is 20.0. The molecule has 0 spiro atoms. The van der Waals surface area contributed by atoms with Crippen molar-refractivity contribution in [2.45, 2.75) is 145 Å². The Morgan fingerprint density at radius 3 is 2.00 bits per heavy atom. The Morgan fingerprint density at radius 1 is 0.943 bits per heavy atom. The zero-order valence-corrected chi connectivity index (χ0v) is 36.4. The van der Waals surface area contributed by atoms with E-state index in [9.17, 15) is 19.2 Å². The third-order valence-electron chi connectivity index (χ3n) is 9.03. The maximum Gasteiger partial charge on any atom is 0.242 e. The van der Waals surface area contributed by atoms with Crippen molar-refractivity contribution in [1.29, 1.82) is 0 Å². The number of aliphatic hydroxyl groups is 1. The molecule has 11 nitrogen and oxygen atoms in total. The van der Waals surface area contributed by atoms with Crippen LogP contribution >= 0.6 is 0 Å². The summed E-state index contributed by atoms with van der Waals surface area (Å²) in [6.07, 6.45) is 6.52. The number of carbonyl (C=O) groups excluding carboxylic acids is 4. The minimum atomic E-state index is -0.483. The van der Waals surface area contributed by atoms with Crippen molar-refractivity contribution in [2.75, 3.05) is 48.5 Å². The van der Waals surface area contributed by atoms with Crippen LogP contribution in [0.3, 0.4) is 0 Å². The van der Waals surface area contributed by atoms with Crippen molar-refractivity contribution in [3.05, 3.63) is 35.9 Å². The van der Waals surface area contributed by atoms with Crippen molar-refractivity contribution in [3.8, 4) is 0 Å². The summed E-state index contributed by atoms with van der Waals surface area (Å²) in [6, 6.07) is 9.64. The zero-order valence-electron chi connectivity index (χ0n) is 36.4. The van der Waals surface area contributed by atoms with Crippen LogP contribution in [0.1, 0.15) is 120 Å². The Morgan fingerprint density at radius 2 is 1.53 bits per heavy atom. The molecule has 1 saturated heterocycles. The van der Waals surface area contributed by atoms with Gasteiger partial charge in [-0.3, -0.25) is 24.1 Å². The fraction of sp³-hybridized carbons (Fsp3) is 0.762. The molecule has 1 aliphatic heterocycles. The van der Waals surface area contributed by atoms with Crippen LogP contribution in [0.5, 0.6) is 0 Å². The van der Waals surface area contributed by atoms with E-state index in [1.165, 1.54) is 5.56 Å². The average Bonchev–Trinajstić information content (AvgIpc) is 3.64. The first kappa shape index (κ1) is 54.3. The SMILES string of the molecule is CC.CC.CCC(C)CC(CC(=O)N1CCCC1CCC(=O)NCCc1ccccc1)OC.CNC(=O)C(NC(=O)C(C(C)C)N(C)C)C(C)C.CO. The molecule has 0 aromatic heterocycles. The normalized spacial score (nSPS) is 15.5. The quantitative estimate of drug-likeness (QED) is 0.143. The Hall–Kier alpha value is -3.02. The third kappa shape index (κ3) is 23.4. The summed E-state index contributed by atoms with van der Waals surface area (Å²) in [7, 11) is 8.01. The summed E-state index contributed by atoms with van der Waals surface area (Å²) in [5.74, 6) is 0.805. The molecule has 0 saturated carbocycles. The molecule has 1 heterocycles. The van der Waals surface area contributed by atoms with Gasteiger partial charge in [0.1, 0.15) is 6.04 Å². The number of benzene rings is 1. The fourth-order valence-electron chi connectivity index (χ4n) is 6.09. The minimum Gasteiger partial charge on any atom is -0.400 e. The lowest BCUT2D eigenvalue weighted by Gasteiger charge is -2.29. The summed E-state index contributed by atoms with van der Waals surface area (Å²) in [4.78, 5) is 52.8. The molecule has 1 aliphatic rings. The highest BCUT2D eigenvalue weighted by atomic mass is 16.5. The molecule has 11 heteroatoms. The van der Waals surface area contributed by atoms with Gasteiger partial charge in [-0.15, -0.1) is 0 Å². The summed E-state index contributed by atoms with van der Waals surface area (Å²) >= 11 is 0. The molecule has 5 atom stereocenters. The highest BCUT2D eigenvalue weighted by molar-refractivity contribution is 5.90. The van der Waals surface area contributed by atoms with Gasteiger partial charge in [-0.1, -0.05) is 106 Å². The van der Waals surface area contributed by atoms with Gasteiger partial charge in [-0.05, 0) is 69.5 Å². The summed E-state index contributed by atoms with van der Waals surface area (Å²) < 4.78 is 5.56. The number of likely N-dealkylation sites (N-methyl/N-ethyl adjacent to an activating group) is 2. The van der Waals surface area contributed by atoms with Gasteiger partial charge >= 0.3 is 0 Å². The lowest BCUT2D eigenvalue weighted by molar-refractivity contribution is -0.135. The molecule has 5 unspecified atom stereocenters. The number of hydrogen-bond donors (Lipinski definition) is 4. The smallest absolute Gasteiger partial charge is 0.242 e. The van der Waals surface area contributed by atoms with Gasteiger partial charge in [0.15, 0.2) is 0 Å². The first-order chi connectivity index (χ1) is 25.2. The van der Waals surface area contributed by atoms with E-state index >= 15 is 0 Å². The van der Waals surface area contributed by atoms with Gasteiger partial charge in [-0.2, -0.15) is 0 Å². The highest BCUT2D eigenvalue weighted by Crippen LogP contribution is 2.24. The Labute approximate surface area is 324 Å². The zero-order chi connectivity index (χ0) is 41.5. The van der Waals surface area contributed by atoms with E-state index in [4.69, 9.17) is 9.84 Å². The number of carbonyl (C=O) groups is 4. The van der Waals surface area contributed by atoms with E-state index in [1.54, 1.807) is 14.2 Å². The highest BCUT2D eigenvalue weighted by Gasteiger charge is 2.31. The van der Waals surface area contributed by atoms with Crippen molar-refractivity contribution in [2.24, 2.45) is 17.8 Å². The van der Waals surface area contributed by atoms with Crippen LogP contribution in [0.15, 0.2) is 30.3 Å². The second-order valence-corrected chi connectivity index (χ2v) is 13.8. The van der Waals surface area contributed by atoms with Gasteiger partial charge in [0.2, 0.25) is 23.6 Å². The van der Waals surface area contributed by atoms with Gasteiger partial charge in [0, 0.05) is 46.8 Å². The molecule has 0 bridgehead atoms. The van der Waals surface area contributed by atoms with Gasteiger partial charge < -0.3 is 30.7 Å². The van der Waals surface area contributed by atoms with Crippen LogP contribution in [0.25, 0.3) is 0 Å². The van der Waals surface area contributed by atoms with E-state index < -0.39 is 6.04 Å². The molecular formula is C42H81N5O6. The van der Waals surface area contributed by atoms with E-state index in [2.05, 4.69) is 41.9 Å². The first-order valence-corrected chi connectivity index (χ1v) is 20.0.